The molecule has 3 atom stereocenters. The first-order chi connectivity index (χ1) is 36.2. The number of phosphoric ester groups is 1. The number of carbonyl (C=O) groups is 3. The van der Waals surface area contributed by atoms with Gasteiger partial charge in [-0.1, -0.05) is 276 Å². The molecule has 74 heavy (non-hydrogen) atoms. The van der Waals surface area contributed by atoms with Gasteiger partial charge in [0.2, 0.25) is 0 Å². The van der Waals surface area contributed by atoms with Crippen LogP contribution in [0.5, 0.6) is 0 Å². The minimum atomic E-state index is -4.74. The Bertz CT molecular complexity index is 1340. The van der Waals surface area contributed by atoms with Gasteiger partial charge in [-0.25, -0.2) is 4.57 Å². The van der Waals surface area contributed by atoms with Crippen LogP contribution in [0.15, 0.2) is 24.3 Å². The molecule has 0 saturated heterocycles. The smallest absolute Gasteiger partial charge is 0.462 e. The van der Waals surface area contributed by atoms with Crippen molar-refractivity contribution in [3.05, 3.63) is 24.3 Å². The Morgan fingerprint density at radius 1 is 0.378 bits per heavy atom. The van der Waals surface area contributed by atoms with Crippen LogP contribution in [-0.2, 0) is 42.2 Å². The summed E-state index contributed by atoms with van der Waals surface area (Å²) in [7, 11) is -4.74. The minimum absolute atomic E-state index is 0.172. The zero-order valence-corrected chi connectivity index (χ0v) is 49.2. The second kappa shape index (κ2) is 57.1. The third-order valence-corrected chi connectivity index (χ3v) is 14.8. The number of ether oxygens (including phenoxy) is 3. The number of unbranched alkanes of at least 4 members (excludes halogenated alkanes) is 38. The summed E-state index contributed by atoms with van der Waals surface area (Å²) in [5.41, 5.74) is 0. The zero-order valence-electron chi connectivity index (χ0n) is 48.3. The quantitative estimate of drug-likeness (QED) is 0.0197. The first-order valence-corrected chi connectivity index (χ1v) is 32.7. The second-order valence-corrected chi connectivity index (χ2v) is 22.7. The summed E-state index contributed by atoms with van der Waals surface area (Å²) in [6.45, 7) is 4.64. The Kier molecular flexibility index (Phi) is 55.6. The van der Waals surface area contributed by atoms with Gasteiger partial charge in [0.05, 0.1) is 19.8 Å². The molecule has 0 rings (SSSR count). The summed E-state index contributed by atoms with van der Waals surface area (Å²) in [5.74, 6) is -1.45. The highest BCUT2D eigenvalue weighted by Gasteiger charge is 2.28. The maximum atomic E-state index is 12.9. The molecular formula is C62H117O11P. The molecule has 0 bridgehead atoms. The molecule has 0 aliphatic rings. The van der Waals surface area contributed by atoms with Gasteiger partial charge in [0, 0.05) is 19.3 Å². The number of aliphatic hydroxyl groups is 1. The van der Waals surface area contributed by atoms with E-state index in [-0.39, 0.29) is 25.9 Å². The molecule has 0 aliphatic carbocycles. The lowest BCUT2D eigenvalue weighted by molar-refractivity contribution is -0.161. The van der Waals surface area contributed by atoms with Crippen LogP contribution in [0.3, 0.4) is 0 Å². The maximum absolute atomic E-state index is 12.9. The van der Waals surface area contributed by atoms with E-state index in [0.29, 0.717) is 19.3 Å². The van der Waals surface area contributed by atoms with E-state index in [4.69, 9.17) is 23.3 Å². The molecule has 0 spiro atoms. The Hall–Kier alpha value is -2.04. The molecule has 0 heterocycles. The van der Waals surface area contributed by atoms with Crippen molar-refractivity contribution in [1.29, 1.82) is 0 Å². The van der Waals surface area contributed by atoms with Gasteiger partial charge in [-0.15, -0.1) is 0 Å². The lowest BCUT2D eigenvalue weighted by Gasteiger charge is -2.21. The van der Waals surface area contributed by atoms with E-state index >= 15 is 0 Å². The highest BCUT2D eigenvalue weighted by atomic mass is 31.2. The van der Waals surface area contributed by atoms with Gasteiger partial charge in [0.15, 0.2) is 6.10 Å². The summed E-state index contributed by atoms with van der Waals surface area (Å²) in [6, 6.07) is 0. The SMILES string of the molecule is CCC/C=C\C/C=C\CCCCCCCC(=O)OCC(COP(=O)(O)OCC(CO)OC(=O)CCCCCCCCCCCCCCCCC)OC(=O)CCCCCCCCCCCCCCCCCCCCC. The van der Waals surface area contributed by atoms with E-state index in [1.165, 1.54) is 173 Å². The van der Waals surface area contributed by atoms with Crippen LogP contribution in [0.4, 0.5) is 0 Å². The first-order valence-electron chi connectivity index (χ1n) is 31.2. The van der Waals surface area contributed by atoms with E-state index < -0.39 is 57.8 Å². The topological polar surface area (TPSA) is 155 Å². The maximum Gasteiger partial charge on any atom is 0.472 e. The van der Waals surface area contributed by atoms with Crippen LogP contribution in [0.25, 0.3) is 0 Å². The predicted molar refractivity (Wildman–Crippen MR) is 307 cm³/mol. The van der Waals surface area contributed by atoms with Crippen LogP contribution in [0.1, 0.15) is 316 Å². The number of carbonyl (C=O) groups excluding carboxylic acids is 3. The molecule has 0 saturated carbocycles. The van der Waals surface area contributed by atoms with Gasteiger partial charge in [-0.3, -0.25) is 23.4 Å². The third-order valence-electron chi connectivity index (χ3n) is 13.9. The van der Waals surface area contributed by atoms with E-state index in [0.717, 1.165) is 83.5 Å². The Balaban J connectivity index is 4.64. The van der Waals surface area contributed by atoms with Crippen LogP contribution in [-0.4, -0.2) is 66.5 Å². The largest absolute Gasteiger partial charge is 0.472 e. The number of hydrogen-bond acceptors (Lipinski definition) is 10. The van der Waals surface area contributed by atoms with Gasteiger partial charge >= 0.3 is 25.7 Å². The second-order valence-electron chi connectivity index (χ2n) is 21.2. The van der Waals surface area contributed by atoms with Crippen molar-refractivity contribution < 1.29 is 52.2 Å². The monoisotopic (exact) mass is 1070 g/mol. The van der Waals surface area contributed by atoms with Crippen molar-refractivity contribution in [3.8, 4) is 0 Å². The van der Waals surface area contributed by atoms with Gasteiger partial charge in [0.1, 0.15) is 12.7 Å². The summed E-state index contributed by atoms with van der Waals surface area (Å²) >= 11 is 0. The van der Waals surface area contributed by atoms with Crippen molar-refractivity contribution >= 4 is 25.7 Å². The third kappa shape index (κ3) is 54.7. The van der Waals surface area contributed by atoms with Crippen molar-refractivity contribution in [2.75, 3.05) is 26.4 Å². The number of hydrogen-bond donors (Lipinski definition) is 2. The molecule has 0 aromatic carbocycles. The lowest BCUT2D eigenvalue weighted by atomic mass is 10.0. The summed E-state index contributed by atoms with van der Waals surface area (Å²) in [5, 5.41) is 9.83. The van der Waals surface area contributed by atoms with Crippen molar-refractivity contribution in [2.24, 2.45) is 0 Å². The number of esters is 3. The summed E-state index contributed by atoms with van der Waals surface area (Å²) in [6.07, 6.45) is 58.5. The van der Waals surface area contributed by atoms with Crippen LogP contribution < -0.4 is 0 Å². The minimum Gasteiger partial charge on any atom is -0.462 e. The van der Waals surface area contributed by atoms with E-state index in [9.17, 15) is 28.9 Å². The highest BCUT2D eigenvalue weighted by molar-refractivity contribution is 7.47. The molecule has 0 fully saturated rings. The van der Waals surface area contributed by atoms with E-state index in [2.05, 4.69) is 45.1 Å². The van der Waals surface area contributed by atoms with Crippen LogP contribution in [0.2, 0.25) is 0 Å². The number of allylic oxidation sites excluding steroid dienone is 4. The Morgan fingerprint density at radius 2 is 0.689 bits per heavy atom. The lowest BCUT2D eigenvalue weighted by Crippen LogP contribution is -2.30. The van der Waals surface area contributed by atoms with Crippen molar-refractivity contribution in [2.45, 2.75) is 328 Å². The molecule has 0 radical (unpaired) electrons. The number of aliphatic hydroxyl groups excluding tert-OH is 1. The van der Waals surface area contributed by atoms with Gasteiger partial charge in [0.25, 0.3) is 0 Å². The molecule has 3 unspecified atom stereocenters. The molecule has 0 aromatic heterocycles. The van der Waals surface area contributed by atoms with Crippen LogP contribution in [0, 0.1) is 0 Å². The first kappa shape index (κ1) is 72.0. The standard InChI is InChI=1S/C62H117O11P/c1-4-7-10-13-16-19-22-25-27-28-29-30-32-35-38-41-44-47-50-53-62(66)73-59(55-69-60(64)51-48-45-42-39-36-33-24-21-18-15-12-9-6-3)57-71-74(67,68)70-56-58(54-63)72-61(65)52-49-46-43-40-37-34-31-26-23-20-17-14-11-8-5-2/h12,15,21,24,58-59,63H,4-11,13-14,16-20,22-23,25-57H2,1-3H3,(H,67,68)/b15-12-,24-21-. The van der Waals surface area contributed by atoms with Crippen molar-refractivity contribution in [1.82, 2.24) is 0 Å². The fraction of sp³-hybridized carbons (Fsp3) is 0.887. The van der Waals surface area contributed by atoms with E-state index in [1.54, 1.807) is 0 Å². The molecule has 0 aromatic rings. The van der Waals surface area contributed by atoms with Gasteiger partial charge in [-0.05, 0) is 44.9 Å². The fourth-order valence-electron chi connectivity index (χ4n) is 9.10. The molecule has 12 heteroatoms. The molecule has 0 amide bonds. The predicted octanol–water partition coefficient (Wildman–Crippen LogP) is 18.6. The molecule has 11 nitrogen and oxygen atoms in total. The average molecular weight is 1070 g/mol. The van der Waals surface area contributed by atoms with Gasteiger partial charge < -0.3 is 24.2 Å². The number of phosphoric acid groups is 1. The zero-order chi connectivity index (χ0) is 54.1. The van der Waals surface area contributed by atoms with Gasteiger partial charge in [-0.2, -0.15) is 0 Å². The molecule has 2 N–H and O–H groups in total. The molecule has 436 valence electrons. The van der Waals surface area contributed by atoms with Crippen molar-refractivity contribution in [3.63, 3.8) is 0 Å². The number of rotatable bonds is 59. The fourth-order valence-corrected chi connectivity index (χ4v) is 9.89. The summed E-state index contributed by atoms with van der Waals surface area (Å²) in [4.78, 5) is 48.6. The molecule has 0 aliphatic heterocycles. The highest BCUT2D eigenvalue weighted by Crippen LogP contribution is 2.43. The Morgan fingerprint density at radius 3 is 1.05 bits per heavy atom. The Labute approximate surface area is 455 Å². The molecular weight excluding hydrogens is 952 g/mol. The van der Waals surface area contributed by atoms with E-state index in [1.807, 2.05) is 0 Å². The normalized spacial score (nSPS) is 13.4. The summed E-state index contributed by atoms with van der Waals surface area (Å²) < 4.78 is 39.6. The average Bonchev–Trinajstić information content (AvgIpc) is 3.39. The van der Waals surface area contributed by atoms with Crippen LogP contribution >= 0.6 is 7.82 Å².